The molecule has 2 saturated heterocycles. The first kappa shape index (κ1) is 27.7. The molecule has 0 spiro atoms. The quantitative estimate of drug-likeness (QED) is 0.438. The molecule has 2 aromatic rings. The van der Waals surface area contributed by atoms with E-state index in [4.69, 9.17) is 9.57 Å². The van der Waals surface area contributed by atoms with Crippen LogP contribution in [-0.4, -0.2) is 77.5 Å². The highest BCUT2D eigenvalue weighted by atomic mass is 16.7. The third kappa shape index (κ3) is 6.98. The van der Waals surface area contributed by atoms with Gasteiger partial charge in [0.2, 0.25) is 0 Å². The van der Waals surface area contributed by atoms with Gasteiger partial charge in [-0.3, -0.25) is 14.5 Å². The highest BCUT2D eigenvalue weighted by molar-refractivity contribution is 5.79. The average molecular weight is 510 g/mol. The molecule has 4 rings (SSSR count). The number of ether oxygens (including phenoxy) is 1. The molecule has 2 aliphatic heterocycles. The van der Waals surface area contributed by atoms with Crippen LogP contribution < -0.4 is 0 Å². The number of esters is 1. The molecule has 0 saturated carbocycles. The van der Waals surface area contributed by atoms with Crippen LogP contribution in [0.5, 0.6) is 0 Å². The molecule has 5 atom stereocenters. The van der Waals surface area contributed by atoms with Crippen molar-refractivity contribution >= 4 is 5.97 Å². The van der Waals surface area contributed by atoms with E-state index in [9.17, 15) is 9.90 Å². The van der Waals surface area contributed by atoms with Gasteiger partial charge in [0.1, 0.15) is 18.2 Å². The molecule has 0 bridgehead atoms. The van der Waals surface area contributed by atoms with Crippen LogP contribution in [0.2, 0.25) is 0 Å². The molecular weight excluding hydrogens is 466 g/mol. The second-order valence-corrected chi connectivity index (χ2v) is 11.3. The van der Waals surface area contributed by atoms with Crippen LogP contribution >= 0.6 is 0 Å². The van der Waals surface area contributed by atoms with E-state index in [-0.39, 0.29) is 24.6 Å². The molecular formula is C30H43N3O4. The Bertz CT molecular complexity index is 1000. The number of aliphatic hydroxyl groups is 1. The molecule has 2 heterocycles. The van der Waals surface area contributed by atoms with Crippen LogP contribution in [0.1, 0.15) is 43.9 Å². The summed E-state index contributed by atoms with van der Waals surface area (Å²) in [5.41, 5.74) is 3.62. The Kier molecular flexibility index (Phi) is 9.37. The largest absolute Gasteiger partial charge is 0.461 e. The number of hydroxylamine groups is 2. The van der Waals surface area contributed by atoms with Gasteiger partial charge >= 0.3 is 5.97 Å². The van der Waals surface area contributed by atoms with Crippen LogP contribution in [-0.2, 0) is 34.0 Å². The number of carbonyl (C=O) groups excluding carboxylic acids is 1. The van der Waals surface area contributed by atoms with Crippen molar-refractivity contribution in [3.63, 3.8) is 0 Å². The van der Waals surface area contributed by atoms with Crippen LogP contribution in [0.4, 0.5) is 0 Å². The Morgan fingerprint density at radius 2 is 1.68 bits per heavy atom. The average Bonchev–Trinajstić information content (AvgIpc) is 3.36. The zero-order valence-electron chi connectivity index (χ0n) is 22.9. The van der Waals surface area contributed by atoms with Crippen LogP contribution in [0, 0.1) is 11.8 Å². The molecule has 0 aliphatic carbocycles. The van der Waals surface area contributed by atoms with Gasteiger partial charge in [0.15, 0.2) is 0 Å². The van der Waals surface area contributed by atoms with E-state index >= 15 is 0 Å². The van der Waals surface area contributed by atoms with Crippen molar-refractivity contribution in [2.24, 2.45) is 11.8 Å². The van der Waals surface area contributed by atoms with Gasteiger partial charge in [0.25, 0.3) is 0 Å². The zero-order chi connectivity index (χ0) is 26.5. The number of benzene rings is 2. The van der Waals surface area contributed by atoms with E-state index in [0.29, 0.717) is 18.5 Å². The lowest BCUT2D eigenvalue weighted by molar-refractivity contribution is -0.195. The predicted octanol–water partition coefficient (Wildman–Crippen LogP) is 3.70. The fraction of sp³-hybridized carbons (Fsp3) is 0.567. The summed E-state index contributed by atoms with van der Waals surface area (Å²) >= 11 is 0. The van der Waals surface area contributed by atoms with Crippen molar-refractivity contribution in [3.05, 3.63) is 71.3 Å². The van der Waals surface area contributed by atoms with Crippen LogP contribution in [0.25, 0.3) is 0 Å². The van der Waals surface area contributed by atoms with Gasteiger partial charge in [-0.15, -0.1) is 0 Å². The fourth-order valence-corrected chi connectivity index (χ4v) is 5.84. The number of aliphatic hydroxyl groups excluding tert-OH is 1. The van der Waals surface area contributed by atoms with Gasteiger partial charge in [-0.25, -0.2) is 0 Å². The van der Waals surface area contributed by atoms with Gasteiger partial charge in [-0.05, 0) is 50.0 Å². The SMILES string of the molecule is CC(C)C[C@@H](CN(C)C)N(Cc1ccccc1)Cc1cccc(CN2O[C@@H](CO)[C@H]3[C@H](C)OC(=O)[C@H]32)c1. The summed E-state index contributed by atoms with van der Waals surface area (Å²) in [6.45, 7) is 9.52. The highest BCUT2D eigenvalue weighted by Crippen LogP contribution is 2.38. The Balaban J connectivity index is 1.53. The van der Waals surface area contributed by atoms with Crippen molar-refractivity contribution in [2.45, 2.75) is 71.1 Å². The predicted molar refractivity (Wildman–Crippen MR) is 144 cm³/mol. The Labute approximate surface area is 221 Å². The van der Waals surface area contributed by atoms with Crippen LogP contribution in [0.15, 0.2) is 54.6 Å². The summed E-state index contributed by atoms with van der Waals surface area (Å²) in [5.74, 6) is 0.187. The van der Waals surface area contributed by atoms with Gasteiger partial charge in [-0.2, -0.15) is 5.06 Å². The van der Waals surface area contributed by atoms with E-state index in [2.05, 4.69) is 92.3 Å². The Morgan fingerprint density at radius 3 is 2.35 bits per heavy atom. The second kappa shape index (κ2) is 12.5. The molecule has 1 N–H and O–H groups in total. The van der Waals surface area contributed by atoms with E-state index < -0.39 is 12.1 Å². The number of likely N-dealkylation sites (N-methyl/N-ethyl adjacent to an activating group) is 1. The summed E-state index contributed by atoms with van der Waals surface area (Å²) < 4.78 is 5.47. The van der Waals surface area contributed by atoms with Gasteiger partial charge in [0, 0.05) is 25.7 Å². The van der Waals surface area contributed by atoms with Crippen molar-refractivity contribution < 1.29 is 19.5 Å². The molecule has 0 amide bonds. The molecule has 2 aromatic carbocycles. The summed E-state index contributed by atoms with van der Waals surface area (Å²) in [7, 11) is 4.29. The maximum absolute atomic E-state index is 12.5. The number of cyclic esters (lactones) is 1. The lowest BCUT2D eigenvalue weighted by Gasteiger charge is -2.35. The number of hydrogen-bond donors (Lipinski definition) is 1. The molecule has 0 aromatic heterocycles. The van der Waals surface area contributed by atoms with Crippen molar-refractivity contribution in [1.29, 1.82) is 0 Å². The van der Waals surface area contributed by atoms with Gasteiger partial charge in [-0.1, -0.05) is 68.4 Å². The van der Waals surface area contributed by atoms with Gasteiger partial charge < -0.3 is 14.7 Å². The Hall–Kier alpha value is -2.29. The summed E-state index contributed by atoms with van der Waals surface area (Å²) in [5, 5.41) is 11.5. The first-order valence-corrected chi connectivity index (χ1v) is 13.5. The number of carbonyl (C=O) groups is 1. The first-order valence-electron chi connectivity index (χ1n) is 13.5. The number of nitrogens with zero attached hydrogens (tertiary/aromatic N) is 3. The molecule has 0 radical (unpaired) electrons. The van der Waals surface area contributed by atoms with Crippen molar-refractivity contribution in [1.82, 2.24) is 14.9 Å². The number of rotatable bonds is 12. The molecule has 202 valence electrons. The van der Waals surface area contributed by atoms with Crippen molar-refractivity contribution in [2.75, 3.05) is 27.2 Å². The molecule has 2 fully saturated rings. The van der Waals surface area contributed by atoms with Crippen molar-refractivity contribution in [3.8, 4) is 0 Å². The number of hydrogen-bond acceptors (Lipinski definition) is 7. The van der Waals surface area contributed by atoms with E-state index in [1.54, 1.807) is 5.06 Å². The molecule has 37 heavy (non-hydrogen) atoms. The van der Waals surface area contributed by atoms with Crippen LogP contribution in [0.3, 0.4) is 0 Å². The third-order valence-electron chi connectivity index (χ3n) is 7.42. The summed E-state index contributed by atoms with van der Waals surface area (Å²) in [6, 6.07) is 19.2. The molecule has 7 nitrogen and oxygen atoms in total. The summed E-state index contributed by atoms with van der Waals surface area (Å²) in [6.07, 6.45) is 0.448. The summed E-state index contributed by atoms with van der Waals surface area (Å²) in [4.78, 5) is 23.4. The minimum atomic E-state index is -0.471. The number of fused-ring (bicyclic) bond motifs is 1. The smallest absolute Gasteiger partial charge is 0.326 e. The first-order chi connectivity index (χ1) is 17.7. The maximum atomic E-state index is 12.5. The van der Waals surface area contributed by atoms with Gasteiger partial charge in [0.05, 0.1) is 19.1 Å². The fourth-order valence-electron chi connectivity index (χ4n) is 5.84. The highest BCUT2D eigenvalue weighted by Gasteiger charge is 2.56. The minimum absolute atomic E-state index is 0.129. The van der Waals surface area contributed by atoms with E-state index in [0.717, 1.165) is 31.6 Å². The molecule has 2 aliphatic rings. The third-order valence-corrected chi connectivity index (χ3v) is 7.42. The minimum Gasteiger partial charge on any atom is -0.461 e. The normalized spacial score (nSPS) is 24.7. The monoisotopic (exact) mass is 509 g/mol. The topological polar surface area (TPSA) is 65.5 Å². The molecule has 0 unspecified atom stereocenters. The van der Waals surface area contributed by atoms with E-state index in [1.807, 2.05) is 6.92 Å². The van der Waals surface area contributed by atoms with E-state index in [1.165, 1.54) is 11.1 Å². The standard InChI is InChI=1S/C30H43N3O4/c1-21(2)14-26(19-31(4)5)32(16-23-10-7-6-8-11-23)17-24-12-9-13-25(15-24)18-33-29-28(27(20-34)37-33)22(3)36-30(29)35/h6-13,15,21-22,26-29,34H,14,16-20H2,1-5H3/t22-,26-,27-,28+,29-/m0/s1. The lowest BCUT2D eigenvalue weighted by atomic mass is 9.93. The second-order valence-electron chi connectivity index (χ2n) is 11.3. The molecule has 7 heteroatoms. The Morgan fingerprint density at radius 1 is 1.00 bits per heavy atom. The maximum Gasteiger partial charge on any atom is 0.326 e. The lowest BCUT2D eigenvalue weighted by Crippen LogP contribution is -2.42. The zero-order valence-corrected chi connectivity index (χ0v) is 22.9.